The number of methoxy groups -OCH3 is 1. The monoisotopic (exact) mass is 358 g/mol. The number of aromatic amines is 2. The van der Waals surface area contributed by atoms with Gasteiger partial charge >= 0.3 is 0 Å². The van der Waals surface area contributed by atoms with Crippen LogP contribution in [0.25, 0.3) is 43.6 Å². The first-order chi connectivity index (χ1) is 12.5. The van der Waals surface area contributed by atoms with Crippen LogP contribution in [0.3, 0.4) is 0 Å². The van der Waals surface area contributed by atoms with E-state index in [0.717, 1.165) is 12.1 Å². The Morgan fingerprint density at radius 3 is 1.58 bits per heavy atom. The molecule has 0 bridgehead atoms. The Kier molecular flexibility index (Phi) is 2.84. The molecule has 0 saturated heterocycles. The zero-order chi connectivity index (χ0) is 18.2. The topological polar surface area (TPSA) is 40.8 Å². The second-order valence-electron chi connectivity index (χ2n) is 6.13. The van der Waals surface area contributed by atoms with Crippen LogP contribution in [-0.4, -0.2) is 17.1 Å². The Bertz CT molecular complexity index is 1270. The Balaban J connectivity index is 2.07. The third kappa shape index (κ3) is 1.82. The van der Waals surface area contributed by atoms with Crippen molar-refractivity contribution in [3.63, 3.8) is 0 Å². The maximum Gasteiger partial charge on any atom is 0.166 e. The van der Waals surface area contributed by atoms with Gasteiger partial charge in [-0.3, -0.25) is 0 Å². The minimum atomic E-state index is -0.737. The smallest absolute Gasteiger partial charge is 0.166 e. The Hall–Kier alpha value is -3.22. The number of hydrogen-bond donors (Lipinski definition) is 2. The number of H-pyrrole nitrogens is 2. The summed E-state index contributed by atoms with van der Waals surface area (Å²) in [6, 6.07) is 5.53. The molecule has 0 spiro atoms. The Morgan fingerprint density at radius 1 is 0.692 bits per heavy atom. The molecule has 0 unspecified atom stereocenters. The van der Waals surface area contributed by atoms with Crippen molar-refractivity contribution in [2.75, 3.05) is 7.11 Å². The van der Waals surface area contributed by atoms with Crippen molar-refractivity contribution in [3.05, 3.63) is 53.6 Å². The number of ether oxygens (including phenoxy) is 1. The van der Waals surface area contributed by atoms with Gasteiger partial charge < -0.3 is 14.7 Å². The summed E-state index contributed by atoms with van der Waals surface area (Å²) in [6.45, 7) is 0. The Labute approximate surface area is 143 Å². The number of aromatic nitrogens is 2. The van der Waals surface area contributed by atoms with E-state index in [1.807, 2.05) is 0 Å². The molecule has 5 rings (SSSR count). The normalized spacial score (nSPS) is 12.0. The highest BCUT2D eigenvalue weighted by molar-refractivity contribution is 6.20. The average molecular weight is 358 g/mol. The summed E-state index contributed by atoms with van der Waals surface area (Å²) in [6.07, 6.45) is 0. The van der Waals surface area contributed by atoms with Crippen LogP contribution in [0.4, 0.5) is 17.6 Å². The van der Waals surface area contributed by atoms with Crippen molar-refractivity contribution >= 4 is 43.6 Å². The van der Waals surface area contributed by atoms with Gasteiger partial charge in [0.25, 0.3) is 0 Å². The van der Waals surface area contributed by atoms with Gasteiger partial charge in [0, 0.05) is 33.7 Å². The van der Waals surface area contributed by atoms with E-state index < -0.39 is 23.3 Å². The second kappa shape index (κ2) is 4.91. The van der Waals surface area contributed by atoms with Gasteiger partial charge in [0.05, 0.1) is 29.2 Å². The fraction of sp³-hybridized carbons (Fsp3) is 0.0526. The third-order valence-electron chi connectivity index (χ3n) is 4.65. The molecule has 0 radical (unpaired) electrons. The molecular formula is C19H10F4N2O. The van der Waals surface area contributed by atoms with Crippen molar-refractivity contribution in [2.45, 2.75) is 0 Å². The van der Waals surface area contributed by atoms with Gasteiger partial charge in [-0.1, -0.05) is 0 Å². The maximum atomic E-state index is 14.4. The fourth-order valence-corrected chi connectivity index (χ4v) is 3.67. The van der Waals surface area contributed by atoms with E-state index in [9.17, 15) is 17.6 Å². The largest absolute Gasteiger partial charge is 0.492 e. The molecule has 0 atom stereocenters. The minimum Gasteiger partial charge on any atom is -0.492 e. The van der Waals surface area contributed by atoms with Crippen LogP contribution in [0.15, 0.2) is 30.3 Å². The molecule has 2 aromatic heterocycles. The van der Waals surface area contributed by atoms with Gasteiger partial charge in [-0.15, -0.1) is 0 Å². The van der Waals surface area contributed by atoms with Crippen LogP contribution in [-0.2, 0) is 0 Å². The molecule has 2 N–H and O–H groups in total. The van der Waals surface area contributed by atoms with Crippen molar-refractivity contribution in [3.8, 4) is 5.75 Å². The summed E-state index contributed by atoms with van der Waals surface area (Å²) in [5.41, 5.74) is 1.40. The molecule has 3 aromatic carbocycles. The Morgan fingerprint density at radius 2 is 1.15 bits per heavy atom. The van der Waals surface area contributed by atoms with Crippen LogP contribution >= 0.6 is 0 Å². The van der Waals surface area contributed by atoms with Gasteiger partial charge in [0.15, 0.2) is 5.75 Å². The molecule has 0 saturated carbocycles. The summed E-state index contributed by atoms with van der Waals surface area (Å²) >= 11 is 0. The molecule has 0 aliphatic rings. The summed E-state index contributed by atoms with van der Waals surface area (Å²) in [7, 11) is 1.42. The highest BCUT2D eigenvalue weighted by atomic mass is 19.1. The van der Waals surface area contributed by atoms with E-state index in [-0.39, 0.29) is 21.8 Å². The van der Waals surface area contributed by atoms with Gasteiger partial charge in [0.2, 0.25) is 0 Å². The third-order valence-corrected chi connectivity index (χ3v) is 4.65. The van der Waals surface area contributed by atoms with E-state index in [0.29, 0.717) is 27.6 Å². The van der Waals surface area contributed by atoms with Crippen LogP contribution in [0.1, 0.15) is 0 Å². The molecule has 0 aliphatic carbocycles. The molecule has 3 nitrogen and oxygen atoms in total. The summed E-state index contributed by atoms with van der Waals surface area (Å²) in [5, 5.41) is 1.20. The van der Waals surface area contributed by atoms with Crippen molar-refractivity contribution in [1.29, 1.82) is 0 Å². The van der Waals surface area contributed by atoms with E-state index >= 15 is 0 Å². The first-order valence-electron chi connectivity index (χ1n) is 7.76. The van der Waals surface area contributed by atoms with Crippen molar-refractivity contribution < 1.29 is 22.3 Å². The first-order valence-corrected chi connectivity index (χ1v) is 7.76. The number of halogens is 4. The number of fused-ring (bicyclic) bond motifs is 6. The van der Waals surface area contributed by atoms with Crippen LogP contribution in [0.2, 0.25) is 0 Å². The lowest BCUT2D eigenvalue weighted by Crippen LogP contribution is -1.86. The second-order valence-corrected chi connectivity index (χ2v) is 6.13. The zero-order valence-corrected chi connectivity index (χ0v) is 13.3. The summed E-state index contributed by atoms with van der Waals surface area (Å²) in [4.78, 5) is 5.90. The predicted molar refractivity (Wildman–Crippen MR) is 91.6 cm³/mol. The van der Waals surface area contributed by atoms with Gasteiger partial charge in [-0.2, -0.15) is 0 Å². The van der Waals surface area contributed by atoms with E-state index in [1.54, 1.807) is 6.07 Å². The lowest BCUT2D eigenvalue weighted by molar-refractivity contribution is 0.423. The van der Waals surface area contributed by atoms with Crippen molar-refractivity contribution in [2.24, 2.45) is 0 Å². The molecule has 7 heteroatoms. The first kappa shape index (κ1) is 15.1. The lowest BCUT2D eigenvalue weighted by Gasteiger charge is -2.04. The number of hydrogen-bond acceptors (Lipinski definition) is 1. The molecule has 0 aliphatic heterocycles. The molecule has 0 fully saturated rings. The molecular weight excluding hydrogens is 348 g/mol. The fourth-order valence-electron chi connectivity index (χ4n) is 3.67. The molecule has 5 aromatic rings. The SMILES string of the molecule is COc1c2[nH]c3cc(F)cc(F)c3c2cc2c1[nH]c1cc(F)cc(F)c12. The van der Waals surface area contributed by atoms with Gasteiger partial charge in [-0.05, 0) is 18.2 Å². The maximum absolute atomic E-state index is 14.4. The quantitative estimate of drug-likeness (QED) is 0.381. The molecule has 2 heterocycles. The number of nitrogens with one attached hydrogen (secondary N) is 2. The van der Waals surface area contributed by atoms with E-state index in [2.05, 4.69) is 9.97 Å². The van der Waals surface area contributed by atoms with Gasteiger partial charge in [0.1, 0.15) is 23.3 Å². The van der Waals surface area contributed by atoms with Crippen LogP contribution in [0, 0.1) is 23.3 Å². The van der Waals surface area contributed by atoms with E-state index in [1.165, 1.54) is 19.2 Å². The van der Waals surface area contributed by atoms with Crippen molar-refractivity contribution in [1.82, 2.24) is 9.97 Å². The summed E-state index contributed by atoms with van der Waals surface area (Å²) < 4.78 is 61.3. The van der Waals surface area contributed by atoms with E-state index in [4.69, 9.17) is 4.74 Å². The number of rotatable bonds is 1. The van der Waals surface area contributed by atoms with Gasteiger partial charge in [-0.25, -0.2) is 17.6 Å². The lowest BCUT2D eigenvalue weighted by atomic mass is 10.1. The highest BCUT2D eigenvalue weighted by Crippen LogP contribution is 2.42. The van der Waals surface area contributed by atoms with Crippen LogP contribution < -0.4 is 4.74 Å². The standard InChI is InChI=1S/C19H10F4N2O/c1-26-19-17-9(15-11(22)2-7(20)4-13(15)24-17)6-10-16-12(23)3-8(21)5-14(16)25-18(10)19/h2-6,24-25H,1H3. The molecule has 130 valence electrons. The highest BCUT2D eigenvalue weighted by Gasteiger charge is 2.20. The molecule has 26 heavy (non-hydrogen) atoms. The average Bonchev–Trinajstić information content (AvgIpc) is 3.09. The zero-order valence-electron chi connectivity index (χ0n) is 13.3. The molecule has 0 amide bonds. The minimum absolute atomic E-state index is 0.179. The summed E-state index contributed by atoms with van der Waals surface area (Å²) in [5.74, 6) is -2.58. The van der Waals surface area contributed by atoms with Crippen LogP contribution in [0.5, 0.6) is 5.75 Å². The number of benzene rings is 3. The predicted octanol–water partition coefficient (Wildman–Crippen LogP) is 5.52.